The van der Waals surface area contributed by atoms with E-state index >= 15 is 0 Å². The molecule has 2 N–H and O–H groups in total. The second-order valence-electron chi connectivity index (χ2n) is 8.87. The van der Waals surface area contributed by atoms with Crippen LogP contribution in [0, 0.1) is 11.8 Å². The van der Waals surface area contributed by atoms with Gasteiger partial charge < -0.3 is 15.4 Å². The number of amides is 2. The Morgan fingerprint density at radius 2 is 1.77 bits per heavy atom. The molecule has 2 amide bonds. The molecule has 1 heterocycles. The highest BCUT2D eigenvalue weighted by molar-refractivity contribution is 7.89. The molecule has 2 atom stereocenters. The van der Waals surface area contributed by atoms with Crippen molar-refractivity contribution in [1.29, 1.82) is 0 Å². The summed E-state index contributed by atoms with van der Waals surface area (Å²) in [6.07, 6.45) is 1.90. The van der Waals surface area contributed by atoms with Gasteiger partial charge in [0.2, 0.25) is 15.9 Å². The molecule has 9 heteroatoms. The number of hydrogen-bond donors (Lipinski definition) is 2. The van der Waals surface area contributed by atoms with Crippen LogP contribution in [0.1, 0.15) is 29.8 Å². The number of carbonyl (C=O) groups is 2. The molecule has 1 aliphatic heterocycles. The van der Waals surface area contributed by atoms with E-state index in [4.69, 9.17) is 4.74 Å². The van der Waals surface area contributed by atoms with E-state index < -0.39 is 10.0 Å². The van der Waals surface area contributed by atoms with Gasteiger partial charge in [-0.2, -0.15) is 4.31 Å². The Hall–Kier alpha value is -3.17. The van der Waals surface area contributed by atoms with E-state index in [1.54, 1.807) is 0 Å². The Morgan fingerprint density at radius 3 is 2.37 bits per heavy atom. The fraction of sp³-hybridized carbons (Fsp3) is 0.385. The third-order valence-corrected chi connectivity index (χ3v) is 8.13. The fourth-order valence-electron chi connectivity index (χ4n) is 4.44. The molecular weight excluding hydrogens is 466 g/mol. The molecule has 2 unspecified atom stereocenters. The van der Waals surface area contributed by atoms with Crippen LogP contribution in [-0.2, 0) is 21.2 Å². The normalized spacial score (nSPS) is 20.6. The molecule has 1 saturated heterocycles. The molecule has 0 spiro atoms. The van der Waals surface area contributed by atoms with Gasteiger partial charge in [0.1, 0.15) is 5.75 Å². The SMILES string of the molecule is C=CC(=O)NC1C(C)CN(S(=O)(=O)c2ccc(C(=O)NCCc3ccccc3)c(OC)c2)CC1C. The van der Waals surface area contributed by atoms with Crippen LogP contribution in [0.4, 0.5) is 0 Å². The molecule has 0 saturated carbocycles. The lowest BCUT2D eigenvalue weighted by atomic mass is 9.87. The molecule has 188 valence electrons. The molecule has 1 fully saturated rings. The molecule has 35 heavy (non-hydrogen) atoms. The molecule has 0 aromatic heterocycles. The summed E-state index contributed by atoms with van der Waals surface area (Å²) in [4.78, 5) is 24.5. The summed E-state index contributed by atoms with van der Waals surface area (Å²) in [5, 5.41) is 5.76. The largest absolute Gasteiger partial charge is 0.496 e. The van der Waals surface area contributed by atoms with E-state index in [9.17, 15) is 18.0 Å². The number of hydrogen-bond acceptors (Lipinski definition) is 5. The van der Waals surface area contributed by atoms with Crippen molar-refractivity contribution in [1.82, 2.24) is 14.9 Å². The van der Waals surface area contributed by atoms with Crippen molar-refractivity contribution in [3.8, 4) is 5.75 Å². The van der Waals surface area contributed by atoms with E-state index in [0.29, 0.717) is 13.0 Å². The summed E-state index contributed by atoms with van der Waals surface area (Å²) >= 11 is 0. The van der Waals surface area contributed by atoms with Crippen molar-refractivity contribution in [3.63, 3.8) is 0 Å². The van der Waals surface area contributed by atoms with Gasteiger partial charge in [0.15, 0.2) is 0 Å². The molecule has 8 nitrogen and oxygen atoms in total. The number of nitrogens with zero attached hydrogens (tertiary/aromatic N) is 1. The summed E-state index contributed by atoms with van der Waals surface area (Å²) < 4.78 is 33.6. The van der Waals surface area contributed by atoms with Gasteiger partial charge in [-0.25, -0.2) is 8.42 Å². The predicted molar refractivity (Wildman–Crippen MR) is 135 cm³/mol. The highest BCUT2D eigenvalue weighted by Gasteiger charge is 2.38. The lowest BCUT2D eigenvalue weighted by Crippen LogP contribution is -2.55. The third kappa shape index (κ3) is 6.29. The van der Waals surface area contributed by atoms with Crippen molar-refractivity contribution in [2.24, 2.45) is 11.8 Å². The maximum absolute atomic E-state index is 13.4. The number of sulfonamides is 1. The molecular formula is C26H33N3O5S. The molecule has 0 radical (unpaired) electrons. The van der Waals surface area contributed by atoms with E-state index in [1.807, 2.05) is 44.2 Å². The quantitative estimate of drug-likeness (QED) is 0.516. The standard InChI is InChI=1S/C26H33N3O5S/c1-5-24(30)28-25-18(2)16-29(17-19(25)3)35(32,33)21-11-12-22(23(15-21)34-4)26(31)27-14-13-20-9-7-6-8-10-20/h5-12,15,18-19,25H,1,13-14,16-17H2,2-4H3,(H,27,31)(H,28,30). The van der Waals surface area contributed by atoms with Gasteiger partial charge in [-0.1, -0.05) is 50.8 Å². The van der Waals surface area contributed by atoms with Crippen LogP contribution in [0.5, 0.6) is 5.75 Å². The van der Waals surface area contributed by atoms with Crippen molar-refractivity contribution in [2.45, 2.75) is 31.2 Å². The summed E-state index contributed by atoms with van der Waals surface area (Å²) in [6.45, 7) is 8.27. The second kappa shape index (κ2) is 11.5. The summed E-state index contributed by atoms with van der Waals surface area (Å²) in [6, 6.07) is 14.0. The molecule has 0 bridgehead atoms. The molecule has 2 aromatic rings. The first-order chi connectivity index (χ1) is 16.7. The molecule has 2 aromatic carbocycles. The zero-order valence-electron chi connectivity index (χ0n) is 20.4. The average Bonchev–Trinajstić information content (AvgIpc) is 2.85. The number of nitrogens with one attached hydrogen (secondary N) is 2. The van der Waals surface area contributed by atoms with Crippen LogP contribution in [0.2, 0.25) is 0 Å². The fourth-order valence-corrected chi connectivity index (χ4v) is 6.09. The summed E-state index contributed by atoms with van der Waals surface area (Å²) in [5.74, 6) is -0.587. The van der Waals surface area contributed by atoms with Crippen molar-refractivity contribution in [3.05, 3.63) is 72.3 Å². The van der Waals surface area contributed by atoms with Gasteiger partial charge in [-0.3, -0.25) is 9.59 Å². The average molecular weight is 500 g/mol. The van der Waals surface area contributed by atoms with E-state index in [0.717, 1.165) is 5.56 Å². The molecule has 3 rings (SSSR count). The lowest BCUT2D eigenvalue weighted by molar-refractivity contribution is -0.118. The number of carbonyl (C=O) groups excluding carboxylic acids is 2. The van der Waals surface area contributed by atoms with Gasteiger partial charge >= 0.3 is 0 Å². The predicted octanol–water partition coefficient (Wildman–Crippen LogP) is 2.62. The van der Waals surface area contributed by atoms with Gasteiger partial charge in [0, 0.05) is 31.7 Å². The van der Waals surface area contributed by atoms with Crippen LogP contribution in [0.3, 0.4) is 0 Å². The Bertz CT molecular complexity index is 1150. The first-order valence-corrected chi connectivity index (χ1v) is 13.0. The Labute approximate surface area is 207 Å². The van der Waals surface area contributed by atoms with Crippen molar-refractivity contribution >= 4 is 21.8 Å². The number of piperidine rings is 1. The minimum atomic E-state index is -3.82. The highest BCUT2D eigenvalue weighted by Crippen LogP contribution is 2.30. The van der Waals surface area contributed by atoms with Gasteiger partial charge in [-0.05, 0) is 42.0 Å². The number of methoxy groups -OCH3 is 1. The van der Waals surface area contributed by atoms with Crippen LogP contribution >= 0.6 is 0 Å². The molecule has 0 aliphatic carbocycles. The Kier molecular flexibility index (Phi) is 8.69. The second-order valence-corrected chi connectivity index (χ2v) is 10.8. The van der Waals surface area contributed by atoms with Gasteiger partial charge in [0.05, 0.1) is 17.6 Å². The van der Waals surface area contributed by atoms with E-state index in [-0.39, 0.29) is 59.0 Å². The minimum absolute atomic E-state index is 0.0585. The van der Waals surface area contributed by atoms with Crippen LogP contribution in [-0.4, -0.2) is 57.3 Å². The van der Waals surface area contributed by atoms with E-state index in [2.05, 4.69) is 17.2 Å². The third-order valence-electron chi connectivity index (χ3n) is 6.30. The lowest BCUT2D eigenvalue weighted by Gasteiger charge is -2.40. The van der Waals surface area contributed by atoms with Crippen molar-refractivity contribution in [2.75, 3.05) is 26.7 Å². The minimum Gasteiger partial charge on any atom is -0.496 e. The van der Waals surface area contributed by atoms with Crippen LogP contribution in [0.15, 0.2) is 66.1 Å². The van der Waals surface area contributed by atoms with E-state index in [1.165, 1.54) is 35.7 Å². The maximum Gasteiger partial charge on any atom is 0.255 e. The maximum atomic E-state index is 13.4. The Morgan fingerprint density at radius 1 is 1.11 bits per heavy atom. The highest BCUT2D eigenvalue weighted by atomic mass is 32.2. The number of benzene rings is 2. The van der Waals surface area contributed by atoms with Crippen molar-refractivity contribution < 1.29 is 22.7 Å². The summed E-state index contributed by atoms with van der Waals surface area (Å²) in [7, 11) is -2.42. The number of ether oxygens (including phenoxy) is 1. The Balaban J connectivity index is 1.72. The first-order valence-electron chi connectivity index (χ1n) is 11.6. The smallest absolute Gasteiger partial charge is 0.255 e. The van der Waals surface area contributed by atoms with Gasteiger partial charge in [0.25, 0.3) is 5.91 Å². The first kappa shape index (κ1) is 26.4. The van der Waals surface area contributed by atoms with Crippen LogP contribution in [0.25, 0.3) is 0 Å². The number of rotatable bonds is 9. The summed E-state index contributed by atoms with van der Waals surface area (Å²) in [5.41, 5.74) is 1.38. The topological polar surface area (TPSA) is 105 Å². The molecule has 1 aliphatic rings. The van der Waals surface area contributed by atoms with Crippen LogP contribution < -0.4 is 15.4 Å². The monoisotopic (exact) mass is 499 g/mol. The van der Waals surface area contributed by atoms with Gasteiger partial charge in [-0.15, -0.1) is 0 Å². The zero-order valence-corrected chi connectivity index (χ0v) is 21.2. The zero-order chi connectivity index (χ0) is 25.6.